The third-order valence-corrected chi connectivity index (χ3v) is 10.6. The van der Waals surface area contributed by atoms with E-state index in [-0.39, 0.29) is 41.5 Å². The molecule has 4 heteroatoms. The summed E-state index contributed by atoms with van der Waals surface area (Å²) in [5.74, 6) is 0.298. The predicted octanol–water partition coefficient (Wildman–Crippen LogP) is 6.10. The summed E-state index contributed by atoms with van der Waals surface area (Å²) in [6.07, 6.45) is 10.5. The quantitative estimate of drug-likeness (QED) is 0.191. The summed E-state index contributed by atoms with van der Waals surface area (Å²) >= 11 is 1.34. The maximum Gasteiger partial charge on any atom is -1.00 e. The van der Waals surface area contributed by atoms with Crippen LogP contribution in [-0.4, -0.2) is 3.71 Å². The van der Waals surface area contributed by atoms with E-state index in [0.717, 1.165) is 5.56 Å². The fourth-order valence-corrected chi connectivity index (χ4v) is 8.02. The Balaban J connectivity index is 0.000000190. The van der Waals surface area contributed by atoms with Crippen molar-refractivity contribution < 1.29 is 53.4 Å². The summed E-state index contributed by atoms with van der Waals surface area (Å²) in [5.41, 5.74) is 13.9. The Hall–Kier alpha value is -3.03. The summed E-state index contributed by atoms with van der Waals surface area (Å²) in [5, 5.41) is 5.57. The molecular weight excluding hydrogens is 722 g/mol. The minimum Gasteiger partial charge on any atom is -1.00 e. The largest absolute Gasteiger partial charge is 1.00 e. The number of fused-ring (bicyclic) bond motifs is 5. The van der Waals surface area contributed by atoms with Crippen molar-refractivity contribution in [2.24, 2.45) is 5.92 Å². The van der Waals surface area contributed by atoms with Crippen LogP contribution in [0.3, 0.4) is 0 Å². The molecule has 1 unspecified atom stereocenters. The van der Waals surface area contributed by atoms with E-state index in [4.69, 9.17) is 0 Å². The molecule has 0 aromatic heterocycles. The molecule has 0 amide bonds. The summed E-state index contributed by atoms with van der Waals surface area (Å²) in [7, 11) is 0. The van der Waals surface area contributed by atoms with Crippen molar-refractivity contribution in [3.8, 4) is 0 Å². The van der Waals surface area contributed by atoms with Crippen LogP contribution in [-0.2, 0) is 35.1 Å². The molecule has 3 aliphatic rings. The molecule has 0 fully saturated rings. The van der Waals surface area contributed by atoms with Gasteiger partial charge in [-0.2, -0.15) is 11.6 Å². The van der Waals surface area contributed by atoms with Crippen LogP contribution in [0, 0.1) is 17.8 Å². The van der Waals surface area contributed by atoms with Crippen molar-refractivity contribution in [1.82, 2.24) is 0 Å². The molecule has 5 aromatic rings. The average Bonchev–Trinajstić information content (AvgIpc) is 3.70. The second-order valence-electron chi connectivity index (χ2n) is 14.4. The standard InChI is InChI=1S/C25H25.C13H13.C7H5F.2ClH.Zr/c1-14-12-24(3,4)22-8-16-7-17-9-23-19(15(2)13-25(23,5)6)11-21(17)20(16)10-18(14)22;1-10-8-11(2)13(9-10)12-6-4-3-5-7-12;1-6-2-4-7(8)5-3-6;;;/h7-13H,1-6H3;3-7,9-10H,1-2H3;1-5H;2*1H;/q2*-1;;;;+2/p-2. The van der Waals surface area contributed by atoms with E-state index in [1.165, 1.54) is 108 Å². The van der Waals surface area contributed by atoms with E-state index in [1.807, 2.05) is 9.78 Å². The Labute approximate surface area is 319 Å². The predicted molar refractivity (Wildman–Crippen MR) is 198 cm³/mol. The minimum atomic E-state index is -0.170. The average molecular weight is 765 g/mol. The van der Waals surface area contributed by atoms with E-state index >= 15 is 0 Å². The molecule has 0 heterocycles. The zero-order valence-electron chi connectivity index (χ0n) is 29.6. The second-order valence-corrected chi connectivity index (χ2v) is 15.1. The molecule has 5 aromatic carbocycles. The van der Waals surface area contributed by atoms with Gasteiger partial charge in [0.25, 0.3) is 0 Å². The maximum atomic E-state index is 12.2. The van der Waals surface area contributed by atoms with E-state index in [0.29, 0.717) is 5.92 Å². The molecule has 250 valence electrons. The van der Waals surface area contributed by atoms with E-state index in [9.17, 15) is 4.39 Å². The molecule has 3 aliphatic carbocycles. The van der Waals surface area contributed by atoms with Gasteiger partial charge in [0.2, 0.25) is 0 Å². The van der Waals surface area contributed by atoms with Gasteiger partial charge < -0.3 is 24.8 Å². The molecule has 0 saturated heterocycles. The van der Waals surface area contributed by atoms with Gasteiger partial charge in [-0.3, -0.25) is 6.08 Å². The molecule has 0 spiro atoms. The van der Waals surface area contributed by atoms with Crippen LogP contribution in [0.5, 0.6) is 0 Å². The maximum absolute atomic E-state index is 12.2. The minimum absolute atomic E-state index is 0. The Morgan fingerprint density at radius 1 is 0.735 bits per heavy atom. The van der Waals surface area contributed by atoms with Crippen LogP contribution < -0.4 is 24.8 Å². The number of halogens is 3. The van der Waals surface area contributed by atoms with Crippen LogP contribution in [0.25, 0.3) is 38.3 Å². The fourth-order valence-electron chi connectivity index (χ4n) is 7.54. The van der Waals surface area contributed by atoms with Crippen molar-refractivity contribution in [2.75, 3.05) is 0 Å². The SMILES string of the molecule is CC1=CC(C)(C)c2cc3[cH-]c4cc5c(cc4c3cc21)C(C)=CC5(C)C.CC1=[C-]C(C)C=C1c1ccccc1.Fc1ccc([CH]=[Zr+2])cc1.[Cl-].[Cl-]. The zero-order valence-corrected chi connectivity index (χ0v) is 33.6. The topological polar surface area (TPSA) is 0 Å². The molecule has 0 N–H and O–H groups in total. The van der Waals surface area contributed by atoms with Crippen LogP contribution in [0.2, 0.25) is 0 Å². The zero-order chi connectivity index (χ0) is 33.7. The number of hydrogen-bond acceptors (Lipinski definition) is 0. The first-order valence-electron chi connectivity index (χ1n) is 16.5. The van der Waals surface area contributed by atoms with Gasteiger partial charge in [0.1, 0.15) is 0 Å². The molecule has 0 nitrogen and oxygen atoms in total. The summed E-state index contributed by atoms with van der Waals surface area (Å²) in [6, 6.07) is 29.1. The van der Waals surface area contributed by atoms with Gasteiger partial charge in [-0.25, -0.2) is 5.57 Å². The number of rotatable bonds is 2. The molecule has 49 heavy (non-hydrogen) atoms. The van der Waals surface area contributed by atoms with Gasteiger partial charge in [-0.1, -0.05) is 113 Å². The Morgan fingerprint density at radius 2 is 1.22 bits per heavy atom. The molecule has 0 saturated carbocycles. The molecule has 0 radical (unpaired) electrons. The van der Waals surface area contributed by atoms with Crippen LogP contribution >= 0.6 is 0 Å². The Kier molecular flexibility index (Phi) is 11.9. The summed E-state index contributed by atoms with van der Waals surface area (Å²) in [6.45, 7) is 18.1. The van der Waals surface area contributed by atoms with Crippen molar-refractivity contribution in [3.05, 3.63) is 154 Å². The summed E-state index contributed by atoms with van der Waals surface area (Å²) < 4.78 is 14.2. The molecule has 0 bridgehead atoms. The van der Waals surface area contributed by atoms with Crippen LogP contribution in [0.1, 0.15) is 88.8 Å². The van der Waals surface area contributed by atoms with Crippen molar-refractivity contribution in [2.45, 2.75) is 66.2 Å². The fraction of sp³-hybridized carbons (Fsp3) is 0.244. The second kappa shape index (κ2) is 15.1. The Morgan fingerprint density at radius 3 is 1.65 bits per heavy atom. The first-order chi connectivity index (χ1) is 22.3. The van der Waals surface area contributed by atoms with E-state index in [1.54, 1.807) is 12.1 Å². The van der Waals surface area contributed by atoms with E-state index in [2.05, 4.69) is 134 Å². The summed E-state index contributed by atoms with van der Waals surface area (Å²) in [4.78, 5) is 0. The van der Waals surface area contributed by atoms with Gasteiger partial charge in [0.05, 0.1) is 0 Å². The number of allylic oxidation sites excluding steroid dienone is 8. The third-order valence-electron chi connectivity index (χ3n) is 9.76. The normalized spacial score (nSPS) is 17.5. The van der Waals surface area contributed by atoms with Gasteiger partial charge >= 0.3 is 68.0 Å². The number of benzene rings is 4. The van der Waals surface area contributed by atoms with Gasteiger partial charge in [-0.15, -0.1) is 45.3 Å². The van der Waals surface area contributed by atoms with Crippen LogP contribution in [0.15, 0.2) is 109 Å². The first kappa shape index (κ1) is 38.8. The van der Waals surface area contributed by atoms with Gasteiger partial charge in [-0.05, 0) is 36.1 Å². The van der Waals surface area contributed by atoms with Crippen molar-refractivity contribution in [3.63, 3.8) is 0 Å². The van der Waals surface area contributed by atoms with Crippen LogP contribution in [0.4, 0.5) is 4.39 Å². The smallest absolute Gasteiger partial charge is 1.00 e. The third kappa shape index (κ3) is 7.83. The van der Waals surface area contributed by atoms with Crippen molar-refractivity contribution in [1.29, 1.82) is 0 Å². The first-order valence-corrected chi connectivity index (χ1v) is 17.9. The van der Waals surface area contributed by atoms with Gasteiger partial charge in [0, 0.05) is 10.8 Å². The van der Waals surface area contributed by atoms with Crippen molar-refractivity contribution >= 4 is 42.0 Å². The molecule has 8 rings (SSSR count). The molecular formula is C45H43Cl2FZr-2. The van der Waals surface area contributed by atoms with E-state index < -0.39 is 0 Å². The Bertz CT molecular complexity index is 2050. The van der Waals surface area contributed by atoms with Gasteiger partial charge in [0.15, 0.2) is 0 Å². The molecule has 0 aliphatic heterocycles. The molecule has 1 atom stereocenters. The monoisotopic (exact) mass is 762 g/mol. The number of hydrogen-bond donors (Lipinski definition) is 0.